The normalized spacial score (nSPS) is 16.9. The van der Waals surface area contributed by atoms with Crippen molar-refractivity contribution in [3.63, 3.8) is 0 Å². The van der Waals surface area contributed by atoms with Gasteiger partial charge in [0.15, 0.2) is 0 Å². The summed E-state index contributed by atoms with van der Waals surface area (Å²) in [4.78, 5) is 13.2. The molecule has 0 unspecified atom stereocenters. The Bertz CT molecular complexity index is 644. The van der Waals surface area contributed by atoms with E-state index in [9.17, 15) is 13.2 Å². The third-order valence-electron chi connectivity index (χ3n) is 3.41. The molecule has 116 valence electrons. The molecule has 1 saturated heterocycles. The van der Waals surface area contributed by atoms with Crippen molar-refractivity contribution in [1.29, 1.82) is 0 Å². The highest BCUT2D eigenvalue weighted by Gasteiger charge is 2.33. The summed E-state index contributed by atoms with van der Waals surface area (Å²) in [6.45, 7) is 0.476. The van der Waals surface area contributed by atoms with Crippen LogP contribution in [0.4, 0.5) is 0 Å². The van der Waals surface area contributed by atoms with E-state index in [0.29, 0.717) is 12.3 Å². The molecular weight excluding hydrogens is 296 g/mol. The summed E-state index contributed by atoms with van der Waals surface area (Å²) < 4.78 is 36.7. The van der Waals surface area contributed by atoms with Crippen LogP contribution in [-0.4, -0.2) is 64.4 Å². The average Bonchev–Trinajstić information content (AvgIpc) is 2.49. The van der Waals surface area contributed by atoms with E-state index in [0.717, 1.165) is 0 Å². The predicted octanol–water partition coefficient (Wildman–Crippen LogP) is 0.166. The van der Waals surface area contributed by atoms with Gasteiger partial charge in [-0.3, -0.25) is 4.79 Å². The van der Waals surface area contributed by atoms with Crippen molar-refractivity contribution in [2.75, 3.05) is 40.9 Å². The van der Waals surface area contributed by atoms with Gasteiger partial charge in [-0.2, -0.15) is 4.31 Å². The van der Waals surface area contributed by atoms with Gasteiger partial charge in [-0.25, -0.2) is 8.42 Å². The van der Waals surface area contributed by atoms with Crippen LogP contribution in [0.5, 0.6) is 11.5 Å². The number of methoxy groups -OCH3 is 2. The van der Waals surface area contributed by atoms with Gasteiger partial charge < -0.3 is 14.4 Å². The number of carbonyl (C=O) groups excluding carboxylic acids is 1. The molecule has 0 saturated carbocycles. The van der Waals surface area contributed by atoms with Crippen molar-refractivity contribution < 1.29 is 22.7 Å². The van der Waals surface area contributed by atoms with Crippen molar-refractivity contribution in [2.45, 2.75) is 4.90 Å². The van der Waals surface area contributed by atoms with Crippen molar-refractivity contribution >= 4 is 15.9 Å². The average molecular weight is 314 g/mol. The molecule has 1 amide bonds. The van der Waals surface area contributed by atoms with E-state index in [2.05, 4.69) is 0 Å². The number of nitrogens with zero attached hydrogens (tertiary/aromatic N) is 2. The number of piperazine rings is 1. The maximum Gasteiger partial charge on any atom is 0.247 e. The maximum atomic E-state index is 12.7. The fraction of sp³-hybridized carbons (Fsp3) is 0.462. The molecule has 0 atom stereocenters. The molecule has 7 nitrogen and oxygen atoms in total. The summed E-state index contributed by atoms with van der Waals surface area (Å²) in [6.07, 6.45) is 0. The molecule has 0 spiro atoms. The quantitative estimate of drug-likeness (QED) is 0.792. The zero-order valence-electron chi connectivity index (χ0n) is 12.2. The lowest BCUT2D eigenvalue weighted by atomic mass is 10.3. The third-order valence-corrected chi connectivity index (χ3v) is 5.30. The van der Waals surface area contributed by atoms with Crippen LogP contribution < -0.4 is 9.47 Å². The minimum atomic E-state index is -3.78. The van der Waals surface area contributed by atoms with Gasteiger partial charge >= 0.3 is 0 Å². The molecule has 0 N–H and O–H groups in total. The van der Waals surface area contributed by atoms with Crippen LogP contribution in [-0.2, 0) is 14.8 Å². The fourth-order valence-electron chi connectivity index (χ4n) is 2.07. The highest BCUT2D eigenvalue weighted by atomic mass is 32.2. The second-order valence-corrected chi connectivity index (χ2v) is 6.58. The smallest absolute Gasteiger partial charge is 0.247 e. The molecule has 2 rings (SSSR count). The van der Waals surface area contributed by atoms with E-state index < -0.39 is 10.0 Å². The number of hydrogen-bond acceptors (Lipinski definition) is 5. The third kappa shape index (κ3) is 2.96. The van der Waals surface area contributed by atoms with Crippen LogP contribution in [0.3, 0.4) is 0 Å². The molecule has 1 fully saturated rings. The van der Waals surface area contributed by atoms with E-state index in [4.69, 9.17) is 9.47 Å². The molecule has 1 heterocycles. The van der Waals surface area contributed by atoms with Gasteiger partial charge in [0.05, 0.1) is 20.8 Å². The SMILES string of the molecule is COc1ccc(S(=O)(=O)N2CCN(C)C(=O)C2)c(OC)c1. The summed E-state index contributed by atoms with van der Waals surface area (Å²) in [5.74, 6) is 0.471. The molecular formula is C13H18N2O5S. The predicted molar refractivity (Wildman–Crippen MR) is 75.9 cm³/mol. The van der Waals surface area contributed by atoms with Gasteiger partial charge in [-0.05, 0) is 12.1 Å². The molecule has 1 aromatic rings. The van der Waals surface area contributed by atoms with Gasteiger partial charge in [0.1, 0.15) is 16.4 Å². The van der Waals surface area contributed by atoms with Crippen LogP contribution in [0.15, 0.2) is 23.1 Å². The summed E-state index contributed by atoms with van der Waals surface area (Å²) >= 11 is 0. The first-order valence-electron chi connectivity index (χ1n) is 6.36. The van der Waals surface area contributed by atoms with E-state index in [1.54, 1.807) is 13.1 Å². The first-order valence-corrected chi connectivity index (χ1v) is 7.80. The number of ether oxygens (including phenoxy) is 2. The first-order chi connectivity index (χ1) is 9.90. The molecule has 1 aliphatic heterocycles. The number of benzene rings is 1. The molecule has 1 aliphatic rings. The minimum Gasteiger partial charge on any atom is -0.497 e. The van der Waals surface area contributed by atoms with Gasteiger partial charge in [-0.1, -0.05) is 0 Å². The molecule has 1 aromatic carbocycles. The van der Waals surface area contributed by atoms with E-state index >= 15 is 0 Å². The van der Waals surface area contributed by atoms with Crippen LogP contribution >= 0.6 is 0 Å². The van der Waals surface area contributed by atoms with Crippen molar-refractivity contribution in [1.82, 2.24) is 9.21 Å². The van der Waals surface area contributed by atoms with Gasteiger partial charge in [-0.15, -0.1) is 0 Å². The largest absolute Gasteiger partial charge is 0.497 e. The number of sulfonamides is 1. The molecule has 0 aliphatic carbocycles. The standard InChI is InChI=1S/C13H18N2O5S/c1-14-6-7-15(9-13(14)16)21(17,18)12-5-4-10(19-2)8-11(12)20-3/h4-5,8H,6-7,9H2,1-3H3. The molecule has 8 heteroatoms. The van der Waals surface area contributed by atoms with Crippen molar-refractivity contribution in [3.05, 3.63) is 18.2 Å². The van der Waals surface area contributed by atoms with Crippen LogP contribution in [0.1, 0.15) is 0 Å². The van der Waals surface area contributed by atoms with Crippen LogP contribution in [0, 0.1) is 0 Å². The van der Waals surface area contributed by atoms with Gasteiger partial charge in [0, 0.05) is 26.2 Å². The van der Waals surface area contributed by atoms with E-state index in [-0.39, 0.29) is 29.6 Å². The second kappa shape index (κ2) is 5.90. The Morgan fingerprint density at radius 1 is 1.14 bits per heavy atom. The topological polar surface area (TPSA) is 76.2 Å². The van der Waals surface area contributed by atoms with Crippen molar-refractivity contribution in [2.24, 2.45) is 0 Å². The van der Waals surface area contributed by atoms with Crippen LogP contribution in [0.2, 0.25) is 0 Å². The van der Waals surface area contributed by atoms with E-state index in [1.807, 2.05) is 0 Å². The summed E-state index contributed by atoms with van der Waals surface area (Å²) in [7, 11) is 0.752. The zero-order chi connectivity index (χ0) is 15.6. The lowest BCUT2D eigenvalue weighted by molar-refractivity contribution is -0.132. The Balaban J connectivity index is 2.38. The molecule has 21 heavy (non-hydrogen) atoms. The van der Waals surface area contributed by atoms with E-state index in [1.165, 1.54) is 35.6 Å². The Labute approximate surface area is 124 Å². The molecule has 0 aromatic heterocycles. The fourth-order valence-corrected chi connectivity index (χ4v) is 3.59. The highest BCUT2D eigenvalue weighted by Crippen LogP contribution is 2.30. The summed E-state index contributed by atoms with van der Waals surface area (Å²) in [5, 5.41) is 0. The minimum absolute atomic E-state index is 0.0307. The molecule has 0 radical (unpaired) electrons. The van der Waals surface area contributed by atoms with Gasteiger partial charge in [0.25, 0.3) is 0 Å². The number of hydrogen-bond donors (Lipinski definition) is 0. The zero-order valence-corrected chi connectivity index (χ0v) is 13.0. The van der Waals surface area contributed by atoms with Crippen molar-refractivity contribution in [3.8, 4) is 11.5 Å². The number of likely N-dealkylation sites (N-methyl/N-ethyl adjacent to an activating group) is 1. The first kappa shape index (κ1) is 15.6. The van der Waals surface area contributed by atoms with Crippen LogP contribution in [0.25, 0.3) is 0 Å². The molecule has 0 bridgehead atoms. The number of amides is 1. The summed E-state index contributed by atoms with van der Waals surface area (Å²) in [5.41, 5.74) is 0. The number of rotatable bonds is 4. The Morgan fingerprint density at radius 3 is 2.43 bits per heavy atom. The maximum absolute atomic E-state index is 12.7. The highest BCUT2D eigenvalue weighted by molar-refractivity contribution is 7.89. The van der Waals surface area contributed by atoms with Gasteiger partial charge in [0.2, 0.25) is 15.9 Å². The summed E-state index contributed by atoms with van der Waals surface area (Å²) in [6, 6.07) is 4.48. The Morgan fingerprint density at radius 2 is 1.86 bits per heavy atom. The number of carbonyl (C=O) groups is 1. The second-order valence-electron chi connectivity index (χ2n) is 4.67. The lowest BCUT2D eigenvalue weighted by Gasteiger charge is -2.31. The monoisotopic (exact) mass is 314 g/mol. The lowest BCUT2D eigenvalue weighted by Crippen LogP contribution is -2.50. The Kier molecular flexibility index (Phi) is 4.38. The Hall–Kier alpha value is -1.80.